The van der Waals surface area contributed by atoms with Crippen molar-refractivity contribution in [2.75, 3.05) is 32.7 Å². The molecule has 4 aliphatic heterocycles. The van der Waals surface area contributed by atoms with Crippen molar-refractivity contribution in [3.05, 3.63) is 0 Å². The van der Waals surface area contributed by atoms with Gasteiger partial charge in [0.1, 0.15) is 0 Å². The number of hydrogen-bond acceptors (Lipinski definition) is 4. The highest BCUT2D eigenvalue weighted by Crippen LogP contribution is 2.41. The number of rotatable bonds is 6. The van der Waals surface area contributed by atoms with Crippen molar-refractivity contribution in [1.82, 2.24) is 19.6 Å². The van der Waals surface area contributed by atoms with Crippen molar-refractivity contribution >= 4 is 11.8 Å². The molecule has 0 spiro atoms. The first-order valence-corrected chi connectivity index (χ1v) is 13.1. The monoisotopic (exact) mass is 446 g/mol. The smallest absolute Gasteiger partial charge is 0.228 e. The van der Waals surface area contributed by atoms with Gasteiger partial charge in [-0.05, 0) is 73.1 Å². The molecule has 32 heavy (non-hydrogen) atoms. The highest BCUT2D eigenvalue weighted by molar-refractivity contribution is 5.86. The van der Waals surface area contributed by atoms with Gasteiger partial charge in [0.05, 0.1) is 5.92 Å². The van der Waals surface area contributed by atoms with Crippen molar-refractivity contribution in [2.45, 2.75) is 116 Å². The van der Waals surface area contributed by atoms with E-state index in [0.29, 0.717) is 29.9 Å². The summed E-state index contributed by atoms with van der Waals surface area (Å²) < 4.78 is 0. The van der Waals surface area contributed by atoms with Crippen LogP contribution in [0.15, 0.2) is 0 Å². The van der Waals surface area contributed by atoms with Gasteiger partial charge in [0.2, 0.25) is 11.8 Å². The molecular weight excluding hydrogens is 400 g/mol. The van der Waals surface area contributed by atoms with Crippen LogP contribution in [0.5, 0.6) is 0 Å². The van der Waals surface area contributed by atoms with Gasteiger partial charge >= 0.3 is 0 Å². The lowest BCUT2D eigenvalue weighted by Crippen LogP contribution is -2.68. The van der Waals surface area contributed by atoms with Crippen LogP contribution in [-0.2, 0) is 9.59 Å². The number of amides is 2. The minimum atomic E-state index is 0.0271. The quantitative estimate of drug-likeness (QED) is 0.587. The lowest BCUT2D eigenvalue weighted by atomic mass is 9.74. The molecule has 2 unspecified atom stereocenters. The maximum Gasteiger partial charge on any atom is 0.228 e. The Kier molecular flexibility index (Phi) is 6.68. The first-order chi connectivity index (χ1) is 15.0. The number of carbonyl (C=O) groups excluding carboxylic acids is 2. The third-order valence-corrected chi connectivity index (χ3v) is 8.99. The summed E-state index contributed by atoms with van der Waals surface area (Å²) in [6, 6.07) is 1.27. The minimum Gasteiger partial charge on any atom is -0.339 e. The minimum absolute atomic E-state index is 0.0271. The largest absolute Gasteiger partial charge is 0.339 e. The summed E-state index contributed by atoms with van der Waals surface area (Å²) in [5, 5.41) is 0. The Labute approximate surface area is 195 Å². The second kappa shape index (κ2) is 8.90. The molecule has 0 aromatic rings. The van der Waals surface area contributed by atoms with Crippen molar-refractivity contribution in [3.8, 4) is 0 Å². The Bertz CT molecular complexity index is 699. The van der Waals surface area contributed by atoms with Gasteiger partial charge in [-0.3, -0.25) is 19.4 Å². The summed E-state index contributed by atoms with van der Waals surface area (Å²) in [4.78, 5) is 34.6. The van der Waals surface area contributed by atoms with Crippen molar-refractivity contribution in [3.63, 3.8) is 0 Å². The summed E-state index contributed by atoms with van der Waals surface area (Å²) in [6.45, 7) is 19.0. The zero-order chi connectivity index (χ0) is 23.3. The maximum atomic E-state index is 13.3. The number of likely N-dealkylation sites (tertiary alicyclic amines) is 4. The lowest BCUT2D eigenvalue weighted by Gasteiger charge is -2.56. The Morgan fingerprint density at radius 1 is 0.812 bits per heavy atom. The first kappa shape index (κ1) is 24.0. The number of carbonyl (C=O) groups is 2. The molecule has 0 radical (unpaired) electrons. The van der Waals surface area contributed by atoms with E-state index in [1.807, 2.05) is 0 Å². The van der Waals surface area contributed by atoms with Gasteiger partial charge in [-0.25, -0.2) is 0 Å². The molecular formula is C26H46N4O2. The molecule has 4 saturated heterocycles. The Hall–Kier alpha value is -1.14. The van der Waals surface area contributed by atoms with E-state index < -0.39 is 0 Å². The zero-order valence-electron chi connectivity index (χ0n) is 21.4. The van der Waals surface area contributed by atoms with E-state index in [1.165, 1.54) is 0 Å². The number of hydrogen-bond donors (Lipinski definition) is 0. The highest BCUT2D eigenvalue weighted by Gasteiger charge is 2.52. The molecule has 2 amide bonds. The Morgan fingerprint density at radius 3 is 1.84 bits per heavy atom. The molecule has 2 atom stereocenters. The molecule has 4 fully saturated rings. The first-order valence-electron chi connectivity index (χ1n) is 13.1. The predicted octanol–water partition coefficient (Wildman–Crippen LogP) is 3.35. The zero-order valence-corrected chi connectivity index (χ0v) is 21.4. The average molecular weight is 447 g/mol. The second-order valence-electron chi connectivity index (χ2n) is 12.3. The van der Waals surface area contributed by atoms with E-state index in [1.54, 1.807) is 0 Å². The SMILES string of the molecule is CCC1C(CC(C)(C)N2CCC(N3CCC3=O)CC2)C(=O)N1C1CCN(C(C)(C)C)CC1. The van der Waals surface area contributed by atoms with Crippen LogP contribution in [0.2, 0.25) is 0 Å². The fraction of sp³-hybridized carbons (Fsp3) is 0.923. The van der Waals surface area contributed by atoms with E-state index in [0.717, 1.165) is 77.7 Å². The van der Waals surface area contributed by atoms with Gasteiger partial charge in [0, 0.05) is 68.3 Å². The van der Waals surface area contributed by atoms with E-state index in [2.05, 4.69) is 61.1 Å². The molecule has 0 aromatic heterocycles. The van der Waals surface area contributed by atoms with Crippen molar-refractivity contribution < 1.29 is 9.59 Å². The summed E-state index contributed by atoms with van der Waals surface area (Å²) in [5.41, 5.74) is 0.246. The molecule has 0 aromatic carbocycles. The third-order valence-electron chi connectivity index (χ3n) is 8.99. The van der Waals surface area contributed by atoms with E-state index >= 15 is 0 Å². The molecule has 0 aliphatic carbocycles. The van der Waals surface area contributed by atoms with Crippen LogP contribution in [0.4, 0.5) is 0 Å². The summed E-state index contributed by atoms with van der Waals surface area (Å²) in [7, 11) is 0. The highest BCUT2D eigenvalue weighted by atomic mass is 16.2. The normalized spacial score (nSPS) is 29.9. The summed E-state index contributed by atoms with van der Waals surface area (Å²) >= 11 is 0. The Balaban J connectivity index is 1.30. The molecule has 182 valence electrons. The van der Waals surface area contributed by atoms with E-state index in [4.69, 9.17) is 0 Å². The number of piperidine rings is 2. The topological polar surface area (TPSA) is 47.1 Å². The molecule has 0 N–H and O–H groups in total. The number of β-lactam (4-membered cyclic amide) rings is 2. The molecule has 4 rings (SSSR count). The van der Waals surface area contributed by atoms with Crippen LogP contribution in [0, 0.1) is 5.92 Å². The predicted molar refractivity (Wildman–Crippen MR) is 128 cm³/mol. The van der Waals surface area contributed by atoms with Crippen LogP contribution in [0.3, 0.4) is 0 Å². The molecule has 6 heteroatoms. The molecule has 6 nitrogen and oxygen atoms in total. The van der Waals surface area contributed by atoms with Crippen molar-refractivity contribution in [1.29, 1.82) is 0 Å². The molecule has 0 saturated carbocycles. The van der Waals surface area contributed by atoms with Gasteiger partial charge in [-0.2, -0.15) is 0 Å². The summed E-state index contributed by atoms with van der Waals surface area (Å²) in [6.07, 6.45) is 7.11. The van der Waals surface area contributed by atoms with Gasteiger partial charge in [-0.1, -0.05) is 6.92 Å². The van der Waals surface area contributed by atoms with Gasteiger partial charge in [0.25, 0.3) is 0 Å². The average Bonchev–Trinajstić information content (AvgIpc) is 2.74. The fourth-order valence-electron chi connectivity index (χ4n) is 6.77. The van der Waals surface area contributed by atoms with E-state index in [-0.39, 0.29) is 17.0 Å². The second-order valence-corrected chi connectivity index (χ2v) is 12.3. The van der Waals surface area contributed by atoms with E-state index in [9.17, 15) is 9.59 Å². The van der Waals surface area contributed by atoms with Gasteiger partial charge in [0.15, 0.2) is 0 Å². The van der Waals surface area contributed by atoms with Crippen LogP contribution in [-0.4, -0.2) is 93.3 Å². The third kappa shape index (κ3) is 4.46. The van der Waals surface area contributed by atoms with Crippen LogP contribution < -0.4 is 0 Å². The van der Waals surface area contributed by atoms with Crippen molar-refractivity contribution in [2.24, 2.45) is 5.92 Å². The molecule has 4 heterocycles. The maximum absolute atomic E-state index is 13.3. The Morgan fingerprint density at radius 2 is 1.38 bits per heavy atom. The van der Waals surface area contributed by atoms with Gasteiger partial charge in [-0.15, -0.1) is 0 Å². The van der Waals surface area contributed by atoms with Crippen LogP contribution >= 0.6 is 0 Å². The summed E-state index contributed by atoms with van der Waals surface area (Å²) in [5.74, 6) is 0.910. The fourth-order valence-corrected chi connectivity index (χ4v) is 6.77. The lowest BCUT2D eigenvalue weighted by molar-refractivity contribution is -0.167. The molecule has 0 bridgehead atoms. The number of nitrogens with zero attached hydrogens (tertiary/aromatic N) is 4. The van der Waals surface area contributed by atoms with Crippen LogP contribution in [0.1, 0.15) is 86.5 Å². The molecule has 4 aliphatic rings. The van der Waals surface area contributed by atoms with Gasteiger partial charge < -0.3 is 9.80 Å². The standard InChI is InChI=1S/C26H46N4O2/c1-7-22-21(24(32)30(22)20-10-13-27(14-11-20)25(2,3)4)18-26(5,6)28-15-8-19(9-16-28)29-17-12-23(29)31/h19-22H,7-18H2,1-6H3. The van der Waals surface area contributed by atoms with Crippen LogP contribution in [0.25, 0.3) is 0 Å².